The van der Waals surface area contributed by atoms with Gasteiger partial charge in [0.2, 0.25) is 11.8 Å². The van der Waals surface area contributed by atoms with Crippen LogP contribution in [0.15, 0.2) is 6.33 Å². The maximum atomic E-state index is 14.9. The zero-order valence-electron chi connectivity index (χ0n) is 23.8. The van der Waals surface area contributed by atoms with Gasteiger partial charge in [-0.05, 0) is 32.6 Å². The minimum absolute atomic E-state index is 0.100. The van der Waals surface area contributed by atoms with E-state index in [1.807, 2.05) is 0 Å². The topological polar surface area (TPSA) is 214 Å². The van der Waals surface area contributed by atoms with E-state index in [9.17, 15) is 24.4 Å². The smallest absolute Gasteiger partial charge is 0.347 e. The number of aliphatic hydroxyl groups is 2. The van der Waals surface area contributed by atoms with Crippen LogP contribution >= 0.6 is 7.67 Å². The zero-order chi connectivity index (χ0) is 30.4. The van der Waals surface area contributed by atoms with Crippen molar-refractivity contribution in [2.45, 2.75) is 68.7 Å². The van der Waals surface area contributed by atoms with E-state index < -0.39 is 62.3 Å². The van der Waals surface area contributed by atoms with Gasteiger partial charge < -0.3 is 39.4 Å². The van der Waals surface area contributed by atoms with Crippen LogP contribution in [0, 0.1) is 0 Å². The molecule has 4 N–H and O–H groups in total. The van der Waals surface area contributed by atoms with Crippen molar-refractivity contribution in [3.63, 3.8) is 0 Å². The van der Waals surface area contributed by atoms with Crippen LogP contribution in [0.1, 0.15) is 38.8 Å². The largest absolute Gasteiger partial charge is 0.479 e. The first-order valence-electron chi connectivity index (χ1n) is 13.5. The third kappa shape index (κ3) is 5.02. The van der Waals surface area contributed by atoms with E-state index in [1.54, 1.807) is 0 Å². The fourth-order valence-electron chi connectivity index (χ4n) is 5.92. The van der Waals surface area contributed by atoms with Crippen LogP contribution in [0.5, 0.6) is 5.88 Å². The highest BCUT2D eigenvalue weighted by Crippen LogP contribution is 2.60. The lowest BCUT2D eigenvalue weighted by Gasteiger charge is -2.38. The van der Waals surface area contributed by atoms with Crippen LogP contribution < -0.4 is 10.5 Å². The first kappa shape index (κ1) is 30.5. The molecule has 0 amide bonds. The van der Waals surface area contributed by atoms with Crippen molar-refractivity contribution in [1.82, 2.24) is 28.9 Å². The quantitative estimate of drug-likeness (QED) is 0.247. The first-order valence-corrected chi connectivity index (χ1v) is 15.0. The van der Waals surface area contributed by atoms with E-state index in [0.717, 1.165) is 0 Å². The molecule has 0 spiro atoms. The Kier molecular flexibility index (Phi) is 8.46. The number of nitrogens with two attached hydrogens (primary N) is 1. The van der Waals surface area contributed by atoms with Crippen molar-refractivity contribution in [1.29, 1.82) is 0 Å². The Morgan fingerprint density at radius 1 is 1.12 bits per heavy atom. The van der Waals surface area contributed by atoms with Crippen molar-refractivity contribution in [2.75, 3.05) is 46.8 Å². The standard InChI is InChI=1S/C24H36N7O10P/c1-24(35)17(32)15(41-22(24)29-12-26-16-18(29)27-23(25)28-19(16)37-2)11-40-42(36,30-9-5-7-13(30)20(33)38-3)31-10-6-8-14(31)21(34)39-4/h12-15,17,22,32,35H,5-11H2,1-4H3,(H2,25,27,28)/t13?,14?,15-,17?,22-,24?,42?/m1/s1. The third-order valence-corrected chi connectivity index (χ3v) is 10.8. The molecule has 3 saturated heterocycles. The van der Waals surface area contributed by atoms with Gasteiger partial charge in [-0.15, -0.1) is 0 Å². The van der Waals surface area contributed by atoms with Crippen LogP contribution in [-0.4, -0.2) is 122 Å². The molecular weight excluding hydrogens is 577 g/mol. The van der Waals surface area contributed by atoms with Crippen molar-refractivity contribution in [3.8, 4) is 5.88 Å². The number of anilines is 1. The number of aromatic nitrogens is 4. The number of aliphatic hydroxyl groups excluding tert-OH is 1. The monoisotopic (exact) mass is 613 g/mol. The fourth-order valence-corrected chi connectivity index (χ4v) is 8.77. The van der Waals surface area contributed by atoms with Crippen molar-refractivity contribution in [2.24, 2.45) is 0 Å². The molecule has 2 aromatic rings. The molecule has 0 bridgehead atoms. The number of hydrogen-bond donors (Lipinski definition) is 3. The number of nitrogens with zero attached hydrogens (tertiary/aromatic N) is 6. The molecule has 17 nitrogen and oxygen atoms in total. The zero-order valence-corrected chi connectivity index (χ0v) is 24.7. The minimum Gasteiger partial charge on any atom is -0.479 e. The van der Waals surface area contributed by atoms with Crippen LogP contribution in [0.25, 0.3) is 11.2 Å². The van der Waals surface area contributed by atoms with Crippen LogP contribution in [0.2, 0.25) is 0 Å². The van der Waals surface area contributed by atoms with Gasteiger partial charge in [0.15, 0.2) is 17.4 Å². The fraction of sp³-hybridized carbons (Fsp3) is 0.708. The molecule has 0 radical (unpaired) electrons. The van der Waals surface area contributed by atoms with E-state index >= 15 is 0 Å². The number of esters is 2. The number of methoxy groups -OCH3 is 3. The molecule has 4 unspecified atom stereocenters. The van der Waals surface area contributed by atoms with Crippen molar-refractivity contribution < 1.29 is 47.8 Å². The summed E-state index contributed by atoms with van der Waals surface area (Å²) in [6.07, 6.45) is -0.700. The molecule has 18 heteroatoms. The maximum Gasteiger partial charge on any atom is 0.347 e. The SMILES string of the molecule is COC(=O)C1CCCN1P(=O)(OC[C@H]1O[C@@H](n2cnc3c(OC)nc(N)nc32)C(C)(O)C1O)N1CCCC1C(=O)OC. The van der Waals surface area contributed by atoms with Gasteiger partial charge in [-0.3, -0.25) is 18.7 Å². The summed E-state index contributed by atoms with van der Waals surface area (Å²) >= 11 is 0. The van der Waals surface area contributed by atoms with Gasteiger partial charge in [0.25, 0.3) is 0 Å². The predicted octanol–water partition coefficient (Wildman–Crippen LogP) is -0.174. The number of ether oxygens (including phenoxy) is 4. The van der Waals surface area contributed by atoms with Crippen molar-refractivity contribution in [3.05, 3.63) is 6.33 Å². The highest BCUT2D eigenvalue weighted by molar-refractivity contribution is 7.54. The first-order chi connectivity index (χ1) is 20.0. The highest BCUT2D eigenvalue weighted by Gasteiger charge is 2.57. The van der Waals surface area contributed by atoms with E-state index in [1.165, 1.54) is 48.5 Å². The number of hydrogen-bond acceptors (Lipinski definition) is 14. The van der Waals surface area contributed by atoms with Gasteiger partial charge in [0.05, 0.1) is 34.3 Å². The van der Waals surface area contributed by atoms with Gasteiger partial charge in [0, 0.05) is 13.1 Å². The summed E-state index contributed by atoms with van der Waals surface area (Å²) in [5.41, 5.74) is 4.40. The maximum absolute atomic E-state index is 14.9. The number of nitrogen functional groups attached to an aromatic ring is 1. The van der Waals surface area contributed by atoms with E-state index in [-0.39, 0.29) is 36.1 Å². The molecule has 0 aromatic carbocycles. The molecule has 0 aliphatic carbocycles. The molecule has 42 heavy (non-hydrogen) atoms. The number of imidazole rings is 1. The third-order valence-electron chi connectivity index (χ3n) is 8.06. The van der Waals surface area contributed by atoms with Crippen molar-refractivity contribution >= 4 is 36.7 Å². The Balaban J connectivity index is 1.45. The Labute approximate surface area is 241 Å². The molecule has 3 aliphatic rings. The average Bonchev–Trinajstić information content (AvgIpc) is 3.78. The summed E-state index contributed by atoms with van der Waals surface area (Å²) < 4.78 is 46.4. The number of rotatable bonds is 9. The number of carbonyl (C=O) groups is 2. The predicted molar refractivity (Wildman–Crippen MR) is 144 cm³/mol. The van der Waals surface area contributed by atoms with Gasteiger partial charge >= 0.3 is 19.6 Å². The summed E-state index contributed by atoms with van der Waals surface area (Å²) in [7, 11) is -0.208. The molecule has 3 fully saturated rings. The van der Waals surface area contributed by atoms with E-state index in [0.29, 0.717) is 25.7 Å². The van der Waals surface area contributed by atoms with Gasteiger partial charge in [-0.1, -0.05) is 0 Å². The number of fused-ring (bicyclic) bond motifs is 1. The molecule has 232 valence electrons. The Hall–Kier alpha value is -2.92. The second-order valence-electron chi connectivity index (χ2n) is 10.6. The van der Waals surface area contributed by atoms with Gasteiger partial charge in [-0.25, -0.2) is 14.3 Å². The van der Waals surface area contributed by atoms with Crippen LogP contribution in [-0.2, 0) is 32.9 Å². The molecule has 2 aromatic heterocycles. The summed E-state index contributed by atoms with van der Waals surface area (Å²) in [4.78, 5) is 37.7. The minimum atomic E-state index is -4.10. The normalized spacial score (nSPS) is 31.8. The lowest BCUT2D eigenvalue weighted by atomic mass is 9.96. The summed E-state index contributed by atoms with van der Waals surface area (Å²) in [6, 6.07) is -1.72. The molecule has 3 aliphatic heterocycles. The molecular formula is C24H36N7O10P. The Morgan fingerprint density at radius 3 is 2.26 bits per heavy atom. The Morgan fingerprint density at radius 2 is 1.71 bits per heavy atom. The lowest BCUT2D eigenvalue weighted by Crippen LogP contribution is -2.46. The summed E-state index contributed by atoms with van der Waals surface area (Å²) in [5, 5.41) is 22.5. The van der Waals surface area contributed by atoms with Crippen LogP contribution in [0.3, 0.4) is 0 Å². The van der Waals surface area contributed by atoms with Crippen LogP contribution in [0.4, 0.5) is 5.95 Å². The lowest BCUT2D eigenvalue weighted by molar-refractivity contribution is -0.145. The molecule has 5 rings (SSSR count). The molecule has 6 atom stereocenters. The molecule has 5 heterocycles. The number of carbonyl (C=O) groups excluding carboxylic acids is 2. The highest BCUT2D eigenvalue weighted by atomic mass is 31.2. The summed E-state index contributed by atoms with van der Waals surface area (Å²) in [5.74, 6) is -1.13. The van der Waals surface area contributed by atoms with Gasteiger partial charge in [0.1, 0.15) is 29.9 Å². The van der Waals surface area contributed by atoms with E-state index in [4.69, 9.17) is 29.2 Å². The van der Waals surface area contributed by atoms with E-state index in [2.05, 4.69) is 15.0 Å². The molecule has 0 saturated carbocycles. The average molecular weight is 614 g/mol. The summed E-state index contributed by atoms with van der Waals surface area (Å²) in [6.45, 7) is 1.42. The van der Waals surface area contributed by atoms with Gasteiger partial charge in [-0.2, -0.15) is 9.97 Å². The second kappa shape index (κ2) is 11.6. The second-order valence-corrected chi connectivity index (χ2v) is 12.9. The Bertz CT molecular complexity index is 1350.